The molecule has 0 aliphatic carbocycles. The number of aromatic carboxylic acids is 1. The zero-order valence-corrected chi connectivity index (χ0v) is 16.0. The van der Waals surface area contributed by atoms with Gasteiger partial charge in [-0.05, 0) is 41.5 Å². The maximum absolute atomic E-state index is 11.5. The molecule has 2 aromatic carbocycles. The van der Waals surface area contributed by atoms with E-state index in [9.17, 15) is 14.4 Å². The van der Waals surface area contributed by atoms with E-state index in [2.05, 4.69) is 22.4 Å². The molecule has 0 atom stereocenters. The van der Waals surface area contributed by atoms with E-state index in [0.29, 0.717) is 16.3 Å². The highest BCUT2D eigenvalue weighted by molar-refractivity contribution is 6.35. The number of rotatable bonds is 8. The minimum absolute atomic E-state index is 0.177. The standard InChI is InChI=1S/C20H18ClN3O5/c1-2-9-22-18(25)19(26)24-23-11-14-5-8-17(16(21)10-14)29-12-13-3-6-15(7-4-13)20(27)28/h2-8,10-11H,1,9,12H2,(H,22,25)(H,24,26)(H,27,28)/b23-11-. The highest BCUT2D eigenvalue weighted by Crippen LogP contribution is 2.25. The van der Waals surface area contributed by atoms with Crippen molar-refractivity contribution in [1.29, 1.82) is 0 Å². The van der Waals surface area contributed by atoms with E-state index in [1.165, 1.54) is 24.4 Å². The van der Waals surface area contributed by atoms with Crippen LogP contribution in [0.2, 0.25) is 5.02 Å². The lowest BCUT2D eigenvalue weighted by atomic mass is 10.1. The van der Waals surface area contributed by atoms with E-state index < -0.39 is 17.8 Å². The number of carbonyl (C=O) groups excluding carboxylic acids is 2. The number of carbonyl (C=O) groups is 3. The molecule has 8 nitrogen and oxygen atoms in total. The van der Waals surface area contributed by atoms with Crippen LogP contribution in [-0.2, 0) is 16.2 Å². The molecule has 9 heteroatoms. The first-order valence-corrected chi connectivity index (χ1v) is 8.75. The van der Waals surface area contributed by atoms with Crippen molar-refractivity contribution in [2.45, 2.75) is 6.61 Å². The van der Waals surface area contributed by atoms with Gasteiger partial charge in [0.25, 0.3) is 0 Å². The Hall–Kier alpha value is -3.65. The molecule has 0 saturated carbocycles. The summed E-state index contributed by atoms with van der Waals surface area (Å²) in [4.78, 5) is 33.7. The van der Waals surface area contributed by atoms with Gasteiger partial charge in [-0.2, -0.15) is 5.10 Å². The third-order valence-electron chi connectivity index (χ3n) is 3.54. The number of nitrogens with zero attached hydrogens (tertiary/aromatic N) is 1. The monoisotopic (exact) mass is 415 g/mol. The number of halogens is 1. The van der Waals surface area contributed by atoms with Crippen LogP contribution in [-0.4, -0.2) is 35.6 Å². The quantitative estimate of drug-likeness (QED) is 0.265. The number of hydrogen-bond acceptors (Lipinski definition) is 5. The van der Waals surface area contributed by atoms with Crippen molar-refractivity contribution < 1.29 is 24.2 Å². The summed E-state index contributed by atoms with van der Waals surface area (Å²) in [6, 6.07) is 11.2. The van der Waals surface area contributed by atoms with E-state index in [-0.39, 0.29) is 18.7 Å². The molecule has 0 aliphatic rings. The lowest BCUT2D eigenvalue weighted by molar-refractivity contribution is -0.139. The summed E-state index contributed by atoms with van der Waals surface area (Å²) in [5.74, 6) is -2.28. The highest BCUT2D eigenvalue weighted by atomic mass is 35.5. The SMILES string of the molecule is C=CCNC(=O)C(=O)N/N=C\c1ccc(OCc2ccc(C(=O)O)cc2)c(Cl)c1. The first-order valence-electron chi connectivity index (χ1n) is 8.37. The number of ether oxygens (including phenoxy) is 1. The number of carboxylic acids is 1. The normalized spacial score (nSPS) is 10.4. The van der Waals surface area contributed by atoms with Gasteiger partial charge in [0.05, 0.1) is 16.8 Å². The summed E-state index contributed by atoms with van der Waals surface area (Å²) in [5.41, 5.74) is 3.67. The molecule has 0 radical (unpaired) electrons. The van der Waals surface area contributed by atoms with Gasteiger partial charge in [0.1, 0.15) is 12.4 Å². The van der Waals surface area contributed by atoms with Crippen LogP contribution >= 0.6 is 11.6 Å². The molecule has 2 aromatic rings. The summed E-state index contributed by atoms with van der Waals surface area (Å²) < 4.78 is 5.64. The van der Waals surface area contributed by atoms with Gasteiger partial charge in [0.15, 0.2) is 0 Å². The Labute approximate surface area is 171 Å². The number of benzene rings is 2. The minimum atomic E-state index is -0.994. The molecule has 0 heterocycles. The molecule has 0 spiro atoms. The molecule has 2 amide bonds. The van der Waals surface area contributed by atoms with E-state index in [1.54, 1.807) is 30.3 Å². The van der Waals surface area contributed by atoms with Crippen LogP contribution in [0.5, 0.6) is 5.75 Å². The summed E-state index contributed by atoms with van der Waals surface area (Å²) in [6.07, 6.45) is 2.78. The molecular weight excluding hydrogens is 398 g/mol. The Morgan fingerprint density at radius 3 is 2.48 bits per heavy atom. The van der Waals surface area contributed by atoms with Crippen molar-refractivity contribution in [3.8, 4) is 5.75 Å². The van der Waals surface area contributed by atoms with Crippen LogP contribution < -0.4 is 15.5 Å². The van der Waals surface area contributed by atoms with Crippen LogP contribution in [0.1, 0.15) is 21.5 Å². The van der Waals surface area contributed by atoms with Gasteiger partial charge >= 0.3 is 17.8 Å². The van der Waals surface area contributed by atoms with Crippen LogP contribution in [0, 0.1) is 0 Å². The first kappa shape index (κ1) is 21.6. The molecular formula is C20H18ClN3O5. The van der Waals surface area contributed by atoms with Gasteiger partial charge in [0.2, 0.25) is 0 Å². The lowest BCUT2D eigenvalue weighted by Crippen LogP contribution is -2.37. The molecule has 0 aliphatic heterocycles. The topological polar surface area (TPSA) is 117 Å². The van der Waals surface area contributed by atoms with Crippen LogP contribution in [0.4, 0.5) is 0 Å². The Morgan fingerprint density at radius 2 is 1.86 bits per heavy atom. The van der Waals surface area contributed by atoms with Gasteiger partial charge in [0, 0.05) is 6.54 Å². The number of nitrogens with one attached hydrogen (secondary N) is 2. The average Bonchev–Trinajstić information content (AvgIpc) is 2.71. The fourth-order valence-electron chi connectivity index (χ4n) is 2.08. The fourth-order valence-corrected chi connectivity index (χ4v) is 2.32. The summed E-state index contributed by atoms with van der Waals surface area (Å²) in [5, 5.41) is 15.2. The van der Waals surface area contributed by atoms with Crippen molar-refractivity contribution >= 4 is 35.6 Å². The summed E-state index contributed by atoms with van der Waals surface area (Å²) >= 11 is 6.19. The van der Waals surface area contributed by atoms with E-state index in [4.69, 9.17) is 21.4 Å². The van der Waals surface area contributed by atoms with Gasteiger partial charge in [-0.25, -0.2) is 10.2 Å². The Balaban J connectivity index is 1.90. The number of amides is 2. The van der Waals surface area contributed by atoms with Crippen LogP contribution in [0.3, 0.4) is 0 Å². The average molecular weight is 416 g/mol. The van der Waals surface area contributed by atoms with E-state index in [0.717, 1.165) is 5.56 Å². The molecule has 150 valence electrons. The van der Waals surface area contributed by atoms with Crippen molar-refractivity contribution in [1.82, 2.24) is 10.7 Å². The van der Waals surface area contributed by atoms with E-state index in [1.807, 2.05) is 0 Å². The maximum atomic E-state index is 11.5. The molecule has 2 rings (SSSR count). The van der Waals surface area contributed by atoms with Crippen LogP contribution in [0.15, 0.2) is 60.2 Å². The molecule has 0 unspecified atom stereocenters. The predicted molar refractivity (Wildman–Crippen MR) is 108 cm³/mol. The fraction of sp³-hybridized carbons (Fsp3) is 0.100. The molecule has 0 aromatic heterocycles. The summed E-state index contributed by atoms with van der Waals surface area (Å²) in [6.45, 7) is 3.82. The third-order valence-corrected chi connectivity index (χ3v) is 3.84. The van der Waals surface area contributed by atoms with Crippen molar-refractivity contribution in [2.24, 2.45) is 5.10 Å². The smallest absolute Gasteiger partial charge is 0.335 e. The molecule has 0 saturated heterocycles. The summed E-state index contributed by atoms with van der Waals surface area (Å²) in [7, 11) is 0. The first-order chi connectivity index (χ1) is 13.9. The molecule has 0 fully saturated rings. The Kier molecular flexibility index (Phi) is 7.93. The highest BCUT2D eigenvalue weighted by Gasteiger charge is 2.10. The zero-order chi connectivity index (χ0) is 21.2. The Morgan fingerprint density at radius 1 is 1.14 bits per heavy atom. The number of hydrogen-bond donors (Lipinski definition) is 3. The van der Waals surface area contributed by atoms with Gasteiger partial charge < -0.3 is 15.2 Å². The number of hydrazone groups is 1. The van der Waals surface area contributed by atoms with E-state index >= 15 is 0 Å². The van der Waals surface area contributed by atoms with Gasteiger partial charge in [-0.1, -0.05) is 29.8 Å². The Bertz CT molecular complexity index is 942. The second-order valence-corrected chi connectivity index (χ2v) is 6.09. The molecule has 3 N–H and O–H groups in total. The second kappa shape index (κ2) is 10.6. The largest absolute Gasteiger partial charge is 0.487 e. The number of carboxylic acid groups (broad SMARTS) is 1. The predicted octanol–water partition coefficient (Wildman–Crippen LogP) is 2.37. The van der Waals surface area contributed by atoms with Crippen LogP contribution in [0.25, 0.3) is 0 Å². The molecule has 29 heavy (non-hydrogen) atoms. The van der Waals surface area contributed by atoms with Crippen molar-refractivity contribution in [3.63, 3.8) is 0 Å². The second-order valence-electron chi connectivity index (χ2n) is 5.68. The zero-order valence-electron chi connectivity index (χ0n) is 15.2. The van der Waals surface area contributed by atoms with Crippen molar-refractivity contribution in [2.75, 3.05) is 6.54 Å². The minimum Gasteiger partial charge on any atom is -0.487 e. The van der Waals surface area contributed by atoms with Crippen molar-refractivity contribution in [3.05, 3.63) is 76.8 Å². The maximum Gasteiger partial charge on any atom is 0.335 e. The molecule has 0 bridgehead atoms. The lowest BCUT2D eigenvalue weighted by Gasteiger charge is -2.09. The van der Waals surface area contributed by atoms with Gasteiger partial charge in [-0.15, -0.1) is 6.58 Å². The third kappa shape index (κ3) is 6.78. The van der Waals surface area contributed by atoms with Gasteiger partial charge in [-0.3, -0.25) is 9.59 Å².